The average molecular weight is 300 g/mol. The zero-order valence-corrected chi connectivity index (χ0v) is 13.0. The van der Waals surface area contributed by atoms with Crippen LogP contribution in [0.15, 0.2) is 29.2 Å². The van der Waals surface area contributed by atoms with E-state index in [9.17, 15) is 4.21 Å². The summed E-state index contributed by atoms with van der Waals surface area (Å²) in [5.41, 5.74) is 0. The van der Waals surface area contributed by atoms with E-state index >= 15 is 0 Å². The van der Waals surface area contributed by atoms with Crippen molar-refractivity contribution in [3.8, 4) is 0 Å². The highest BCUT2D eigenvalue weighted by Crippen LogP contribution is 2.29. The first-order chi connectivity index (χ1) is 9.20. The third-order valence-electron chi connectivity index (χ3n) is 3.86. The molecular weight excluding hydrogens is 278 g/mol. The van der Waals surface area contributed by atoms with Crippen LogP contribution >= 0.6 is 11.6 Å². The van der Waals surface area contributed by atoms with E-state index < -0.39 is 10.8 Å². The number of benzene rings is 1. The lowest BCUT2D eigenvalue weighted by atomic mass is 10.0. The highest BCUT2D eigenvalue weighted by Gasteiger charge is 2.26. The van der Waals surface area contributed by atoms with Crippen LogP contribution in [0.5, 0.6) is 0 Å². The van der Waals surface area contributed by atoms with Crippen LogP contribution < -0.4 is 5.32 Å². The number of hydrogen-bond donors (Lipinski definition) is 1. The summed E-state index contributed by atoms with van der Waals surface area (Å²) >= 11 is 5.94. The van der Waals surface area contributed by atoms with Crippen LogP contribution in [0.1, 0.15) is 32.6 Å². The molecule has 1 fully saturated rings. The summed E-state index contributed by atoms with van der Waals surface area (Å²) < 4.78 is 12.3. The highest BCUT2D eigenvalue weighted by atomic mass is 35.5. The van der Waals surface area contributed by atoms with Gasteiger partial charge in [0.15, 0.2) is 0 Å². The molecule has 1 aliphatic carbocycles. The number of hydrogen-bond acceptors (Lipinski definition) is 2. The molecule has 19 heavy (non-hydrogen) atoms. The molecule has 0 radical (unpaired) electrons. The summed E-state index contributed by atoms with van der Waals surface area (Å²) in [5, 5.41) is 4.21. The minimum absolute atomic E-state index is 0.626. The average Bonchev–Trinajstić information content (AvgIpc) is 2.84. The minimum Gasteiger partial charge on any atom is -0.314 e. The topological polar surface area (TPSA) is 29.1 Å². The van der Waals surface area contributed by atoms with Crippen LogP contribution in [0, 0.1) is 5.92 Å². The SMILES string of the molecule is CCNC1CCCC1CCS(=O)c1cccc(Cl)c1. The summed E-state index contributed by atoms with van der Waals surface area (Å²) in [4.78, 5) is 0.852. The predicted molar refractivity (Wildman–Crippen MR) is 82.2 cm³/mol. The van der Waals surface area contributed by atoms with Crippen molar-refractivity contribution >= 4 is 22.4 Å². The Balaban J connectivity index is 1.86. The Morgan fingerprint density at radius 2 is 2.26 bits per heavy atom. The molecule has 0 saturated heterocycles. The van der Waals surface area contributed by atoms with Crippen LogP contribution in [0.4, 0.5) is 0 Å². The first kappa shape index (κ1) is 15.0. The Bertz CT molecular complexity index is 438. The quantitative estimate of drug-likeness (QED) is 0.869. The van der Waals surface area contributed by atoms with Crippen molar-refractivity contribution in [2.45, 2.75) is 43.5 Å². The van der Waals surface area contributed by atoms with Gasteiger partial charge in [-0.2, -0.15) is 0 Å². The molecule has 1 aromatic carbocycles. The predicted octanol–water partition coefficient (Wildman–Crippen LogP) is 3.62. The molecule has 2 rings (SSSR count). The molecule has 0 heterocycles. The third-order valence-corrected chi connectivity index (χ3v) is 5.48. The van der Waals surface area contributed by atoms with Crippen molar-refractivity contribution in [2.24, 2.45) is 5.92 Å². The molecule has 4 heteroatoms. The Morgan fingerprint density at radius 1 is 1.42 bits per heavy atom. The molecule has 0 spiro atoms. The smallest absolute Gasteiger partial charge is 0.0530 e. The summed E-state index contributed by atoms with van der Waals surface area (Å²) in [6.07, 6.45) is 4.87. The van der Waals surface area contributed by atoms with Gasteiger partial charge in [-0.25, -0.2) is 0 Å². The molecule has 1 aromatic rings. The maximum absolute atomic E-state index is 12.3. The number of halogens is 1. The van der Waals surface area contributed by atoms with Crippen molar-refractivity contribution in [1.82, 2.24) is 5.32 Å². The fraction of sp³-hybridized carbons (Fsp3) is 0.600. The summed E-state index contributed by atoms with van der Waals surface area (Å²) in [5.74, 6) is 1.43. The molecule has 0 bridgehead atoms. The molecule has 3 unspecified atom stereocenters. The monoisotopic (exact) mass is 299 g/mol. The molecule has 1 aliphatic rings. The standard InChI is InChI=1S/C15H22ClNOS/c1-2-17-15-8-3-5-12(15)9-10-19(18)14-7-4-6-13(16)11-14/h4,6-7,11-12,15,17H,2-3,5,8-10H2,1H3. The summed E-state index contributed by atoms with van der Waals surface area (Å²) in [7, 11) is -0.921. The zero-order valence-electron chi connectivity index (χ0n) is 11.4. The van der Waals surface area contributed by atoms with Crippen molar-refractivity contribution in [2.75, 3.05) is 12.3 Å². The molecule has 0 amide bonds. The van der Waals surface area contributed by atoms with Crippen LogP contribution in [-0.4, -0.2) is 22.5 Å². The van der Waals surface area contributed by atoms with Crippen LogP contribution in [0.25, 0.3) is 0 Å². The minimum atomic E-state index is -0.921. The van der Waals surface area contributed by atoms with Gasteiger partial charge >= 0.3 is 0 Å². The Kier molecular flexibility index (Phi) is 5.86. The van der Waals surface area contributed by atoms with Gasteiger partial charge in [0.2, 0.25) is 0 Å². The number of rotatable bonds is 6. The van der Waals surface area contributed by atoms with E-state index in [0.717, 1.165) is 23.6 Å². The van der Waals surface area contributed by atoms with Gasteiger partial charge in [0.1, 0.15) is 0 Å². The maximum Gasteiger partial charge on any atom is 0.0530 e. The number of nitrogens with one attached hydrogen (secondary N) is 1. The summed E-state index contributed by atoms with van der Waals surface area (Å²) in [6.45, 7) is 3.18. The van der Waals surface area contributed by atoms with E-state index in [-0.39, 0.29) is 0 Å². The van der Waals surface area contributed by atoms with Gasteiger partial charge in [-0.05, 0) is 49.9 Å². The van der Waals surface area contributed by atoms with Gasteiger partial charge in [0.05, 0.1) is 10.8 Å². The van der Waals surface area contributed by atoms with Crippen LogP contribution in [0.2, 0.25) is 5.02 Å². The molecule has 1 saturated carbocycles. The molecule has 2 nitrogen and oxygen atoms in total. The maximum atomic E-state index is 12.3. The van der Waals surface area contributed by atoms with Crippen LogP contribution in [0.3, 0.4) is 0 Å². The molecule has 0 aliphatic heterocycles. The Hall–Kier alpha value is -0.380. The van der Waals surface area contributed by atoms with E-state index in [2.05, 4.69) is 12.2 Å². The molecule has 106 valence electrons. The zero-order chi connectivity index (χ0) is 13.7. The lowest BCUT2D eigenvalue weighted by Gasteiger charge is -2.20. The van der Waals surface area contributed by atoms with Gasteiger partial charge < -0.3 is 5.32 Å². The fourth-order valence-electron chi connectivity index (χ4n) is 2.90. The fourth-order valence-corrected chi connectivity index (χ4v) is 4.39. The third kappa shape index (κ3) is 4.30. The lowest BCUT2D eigenvalue weighted by Crippen LogP contribution is -2.32. The van der Waals surface area contributed by atoms with Gasteiger partial charge in [-0.15, -0.1) is 0 Å². The highest BCUT2D eigenvalue weighted by molar-refractivity contribution is 7.85. The molecule has 1 N–H and O–H groups in total. The first-order valence-corrected chi connectivity index (χ1v) is 8.77. The van der Waals surface area contributed by atoms with Crippen molar-refractivity contribution in [1.29, 1.82) is 0 Å². The molecule has 0 aromatic heterocycles. The van der Waals surface area contributed by atoms with E-state index in [1.807, 2.05) is 24.3 Å². The first-order valence-electron chi connectivity index (χ1n) is 7.08. The van der Waals surface area contributed by atoms with E-state index in [4.69, 9.17) is 11.6 Å². The largest absolute Gasteiger partial charge is 0.314 e. The van der Waals surface area contributed by atoms with Gasteiger partial charge in [-0.3, -0.25) is 4.21 Å². The van der Waals surface area contributed by atoms with E-state index in [0.29, 0.717) is 17.0 Å². The van der Waals surface area contributed by atoms with Crippen molar-refractivity contribution in [3.05, 3.63) is 29.3 Å². The Morgan fingerprint density at radius 3 is 3.00 bits per heavy atom. The molecule has 3 atom stereocenters. The van der Waals surface area contributed by atoms with E-state index in [1.165, 1.54) is 19.3 Å². The van der Waals surface area contributed by atoms with Crippen molar-refractivity contribution in [3.63, 3.8) is 0 Å². The van der Waals surface area contributed by atoms with Crippen LogP contribution in [-0.2, 0) is 10.8 Å². The summed E-state index contributed by atoms with van der Waals surface area (Å²) in [6, 6.07) is 8.03. The van der Waals surface area contributed by atoms with Crippen molar-refractivity contribution < 1.29 is 4.21 Å². The van der Waals surface area contributed by atoms with Gasteiger partial charge in [0.25, 0.3) is 0 Å². The second-order valence-corrected chi connectivity index (χ2v) is 7.16. The van der Waals surface area contributed by atoms with Gasteiger partial charge in [-0.1, -0.05) is 31.0 Å². The Labute approximate surface area is 123 Å². The lowest BCUT2D eigenvalue weighted by molar-refractivity contribution is 0.399. The molecular formula is C15H22ClNOS. The second kappa shape index (κ2) is 7.41. The second-order valence-electron chi connectivity index (χ2n) is 5.15. The van der Waals surface area contributed by atoms with Gasteiger partial charge in [0, 0.05) is 21.7 Å². The normalized spacial score (nSPS) is 24.5. The van der Waals surface area contributed by atoms with E-state index in [1.54, 1.807) is 0 Å².